The Hall–Kier alpha value is -1.70. The number of hydrogen-bond donors (Lipinski definition) is 2. The van der Waals surface area contributed by atoms with E-state index in [1.807, 2.05) is 0 Å². The predicted octanol–water partition coefficient (Wildman–Crippen LogP) is -1.06. The Labute approximate surface area is 107 Å². The second-order valence-electron chi connectivity index (χ2n) is 4.11. The molecule has 0 aliphatic carbocycles. The van der Waals surface area contributed by atoms with Crippen molar-refractivity contribution in [2.45, 2.75) is 6.54 Å². The van der Waals surface area contributed by atoms with Crippen LogP contribution in [0.15, 0.2) is 11.1 Å². The van der Waals surface area contributed by atoms with Gasteiger partial charge in [-0.1, -0.05) is 0 Å². The number of ether oxygens (including phenoxy) is 1. The molecule has 0 fully saturated rings. The maximum absolute atomic E-state index is 11.5. The van der Waals surface area contributed by atoms with E-state index in [4.69, 9.17) is 10.5 Å². The molecular formula is C9H13N5O4P-. The standard InChI is InChI=1S/C9H14N5O4P/c1-19(16,17)5-18-3-2-14-4-11-6-7(14)12-9(10)13-8(6)15/h4H,2-3,5H2,1H3,(H,16,17)(H3,10,12,13,15)/p-1. The SMILES string of the molecule is CP(=O)([O-])COCCn1cnc2c(=O)[nH]c(N)nc21. The lowest BCUT2D eigenvalue weighted by Gasteiger charge is -2.17. The van der Waals surface area contributed by atoms with Crippen LogP contribution in [-0.2, 0) is 15.8 Å². The molecule has 0 saturated carbocycles. The monoisotopic (exact) mass is 286 g/mol. The highest BCUT2D eigenvalue weighted by molar-refractivity contribution is 7.55. The summed E-state index contributed by atoms with van der Waals surface area (Å²) >= 11 is 0. The first-order chi connectivity index (χ1) is 8.87. The summed E-state index contributed by atoms with van der Waals surface area (Å²) in [6.07, 6.45) is 1.11. The zero-order valence-corrected chi connectivity index (χ0v) is 11.1. The van der Waals surface area contributed by atoms with Crippen LogP contribution in [0.3, 0.4) is 0 Å². The summed E-state index contributed by atoms with van der Waals surface area (Å²) in [7, 11) is -3.42. The molecule has 2 heterocycles. The van der Waals surface area contributed by atoms with E-state index >= 15 is 0 Å². The first-order valence-corrected chi connectivity index (χ1v) is 7.68. The van der Waals surface area contributed by atoms with Gasteiger partial charge in [0.05, 0.1) is 19.3 Å². The maximum atomic E-state index is 11.5. The first-order valence-electron chi connectivity index (χ1n) is 5.43. The number of hydrogen-bond acceptors (Lipinski definition) is 7. The molecule has 2 rings (SSSR count). The van der Waals surface area contributed by atoms with Gasteiger partial charge in [0, 0.05) is 13.9 Å². The third-order valence-corrected chi connectivity index (χ3v) is 2.95. The van der Waals surface area contributed by atoms with Crippen LogP contribution in [0, 0.1) is 0 Å². The number of nitrogens with one attached hydrogen (secondary N) is 1. The molecule has 1 atom stereocenters. The Balaban J connectivity index is 2.10. The Morgan fingerprint density at radius 3 is 3.05 bits per heavy atom. The summed E-state index contributed by atoms with van der Waals surface area (Å²) in [4.78, 5) is 32.6. The molecule has 1 unspecified atom stereocenters. The predicted molar refractivity (Wildman–Crippen MR) is 66.9 cm³/mol. The van der Waals surface area contributed by atoms with Crippen LogP contribution in [0.25, 0.3) is 11.2 Å². The van der Waals surface area contributed by atoms with Crippen molar-refractivity contribution in [1.29, 1.82) is 0 Å². The number of H-pyrrole nitrogens is 1. The lowest BCUT2D eigenvalue weighted by molar-refractivity contribution is -0.178. The van der Waals surface area contributed by atoms with Crippen molar-refractivity contribution in [2.75, 3.05) is 25.4 Å². The van der Waals surface area contributed by atoms with Crippen molar-refractivity contribution in [2.24, 2.45) is 0 Å². The van der Waals surface area contributed by atoms with Crippen molar-refractivity contribution >= 4 is 24.5 Å². The molecule has 19 heavy (non-hydrogen) atoms. The van der Waals surface area contributed by atoms with Crippen LogP contribution in [0.5, 0.6) is 0 Å². The normalized spacial score (nSPS) is 14.6. The van der Waals surface area contributed by atoms with Gasteiger partial charge in [-0.25, -0.2) is 4.98 Å². The van der Waals surface area contributed by atoms with Crippen molar-refractivity contribution in [3.63, 3.8) is 0 Å². The summed E-state index contributed by atoms with van der Waals surface area (Å²) in [5.41, 5.74) is 5.55. The molecule has 0 amide bonds. The molecule has 0 aliphatic heterocycles. The highest BCUT2D eigenvalue weighted by atomic mass is 31.2. The van der Waals surface area contributed by atoms with E-state index in [9.17, 15) is 14.3 Å². The number of imidazole rings is 1. The molecule has 10 heteroatoms. The molecule has 2 aromatic rings. The first kappa shape index (κ1) is 13.7. The zero-order chi connectivity index (χ0) is 14.0. The van der Waals surface area contributed by atoms with Gasteiger partial charge < -0.3 is 24.5 Å². The van der Waals surface area contributed by atoms with Crippen molar-refractivity contribution in [3.05, 3.63) is 16.7 Å². The smallest absolute Gasteiger partial charge is 0.280 e. The van der Waals surface area contributed by atoms with Crippen LogP contribution >= 0.6 is 7.37 Å². The van der Waals surface area contributed by atoms with Gasteiger partial charge in [0.1, 0.15) is 0 Å². The Kier molecular flexibility index (Phi) is 3.70. The zero-order valence-electron chi connectivity index (χ0n) is 10.2. The summed E-state index contributed by atoms with van der Waals surface area (Å²) in [6.45, 7) is 1.60. The quantitative estimate of drug-likeness (QED) is 0.527. The molecule has 0 spiro atoms. The van der Waals surface area contributed by atoms with Crippen LogP contribution in [-0.4, -0.2) is 39.1 Å². The van der Waals surface area contributed by atoms with Crippen molar-refractivity contribution in [1.82, 2.24) is 19.5 Å². The molecule has 0 bridgehead atoms. The second-order valence-corrected chi connectivity index (χ2v) is 6.40. The topological polar surface area (TPSA) is 139 Å². The van der Waals surface area contributed by atoms with E-state index in [1.54, 1.807) is 4.57 Å². The average Bonchev–Trinajstić information content (AvgIpc) is 2.66. The van der Waals surface area contributed by atoms with Gasteiger partial charge in [-0.15, -0.1) is 0 Å². The Morgan fingerprint density at radius 1 is 1.63 bits per heavy atom. The molecule has 104 valence electrons. The highest BCUT2D eigenvalue weighted by Gasteiger charge is 2.09. The van der Waals surface area contributed by atoms with E-state index in [0.717, 1.165) is 6.66 Å². The summed E-state index contributed by atoms with van der Waals surface area (Å²) < 4.78 is 17.5. The van der Waals surface area contributed by atoms with Gasteiger partial charge in [-0.05, 0) is 6.66 Å². The molecule has 0 aliphatic rings. The Bertz CT molecular complexity index is 687. The van der Waals surface area contributed by atoms with Crippen LogP contribution in [0.1, 0.15) is 0 Å². The maximum Gasteiger partial charge on any atom is 0.280 e. The van der Waals surface area contributed by atoms with Crippen LogP contribution in [0.2, 0.25) is 0 Å². The summed E-state index contributed by atoms with van der Waals surface area (Å²) in [5.74, 6) is -0.00205. The van der Waals surface area contributed by atoms with E-state index in [2.05, 4.69) is 15.0 Å². The third-order valence-electron chi connectivity index (χ3n) is 2.30. The number of aromatic nitrogens is 4. The molecule has 0 radical (unpaired) electrons. The van der Waals surface area contributed by atoms with Crippen molar-refractivity contribution < 1.29 is 14.2 Å². The molecule has 2 aromatic heterocycles. The minimum Gasteiger partial charge on any atom is -0.798 e. The number of nitrogen functional groups attached to an aromatic ring is 1. The van der Waals surface area contributed by atoms with E-state index in [0.29, 0.717) is 12.2 Å². The summed E-state index contributed by atoms with van der Waals surface area (Å²) in [5, 5.41) is 0. The minimum atomic E-state index is -3.42. The van der Waals surface area contributed by atoms with Gasteiger partial charge in [0.25, 0.3) is 5.56 Å². The minimum absolute atomic E-state index is 0.00205. The van der Waals surface area contributed by atoms with Crippen molar-refractivity contribution in [3.8, 4) is 0 Å². The number of nitrogens with zero attached hydrogens (tertiary/aromatic N) is 3. The van der Waals surface area contributed by atoms with E-state index < -0.39 is 12.9 Å². The Morgan fingerprint density at radius 2 is 2.37 bits per heavy atom. The second kappa shape index (κ2) is 5.12. The van der Waals surface area contributed by atoms with Gasteiger partial charge in [-0.2, -0.15) is 4.98 Å². The molecular weight excluding hydrogens is 273 g/mol. The average molecular weight is 286 g/mol. The number of rotatable bonds is 5. The highest BCUT2D eigenvalue weighted by Crippen LogP contribution is 2.28. The number of fused-ring (bicyclic) bond motifs is 1. The van der Waals surface area contributed by atoms with Gasteiger partial charge in [0.15, 0.2) is 11.2 Å². The number of anilines is 1. The third kappa shape index (κ3) is 3.40. The molecule has 0 saturated heterocycles. The van der Waals surface area contributed by atoms with Crippen LogP contribution < -0.4 is 16.2 Å². The summed E-state index contributed by atoms with van der Waals surface area (Å²) in [6, 6.07) is 0. The lowest BCUT2D eigenvalue weighted by atomic mass is 10.5. The lowest BCUT2D eigenvalue weighted by Crippen LogP contribution is -2.14. The number of nitrogens with two attached hydrogens (primary N) is 1. The molecule has 9 nitrogen and oxygen atoms in total. The largest absolute Gasteiger partial charge is 0.798 e. The van der Waals surface area contributed by atoms with Gasteiger partial charge >= 0.3 is 0 Å². The van der Waals surface area contributed by atoms with E-state index in [1.165, 1.54) is 6.33 Å². The fourth-order valence-corrected chi connectivity index (χ4v) is 1.99. The van der Waals surface area contributed by atoms with Gasteiger partial charge in [-0.3, -0.25) is 9.78 Å². The molecule has 0 aromatic carbocycles. The molecule has 3 N–H and O–H groups in total. The fourth-order valence-electron chi connectivity index (χ4n) is 1.53. The van der Waals surface area contributed by atoms with E-state index in [-0.39, 0.29) is 24.4 Å². The van der Waals surface area contributed by atoms with Crippen LogP contribution in [0.4, 0.5) is 5.95 Å². The fraction of sp³-hybridized carbons (Fsp3) is 0.444. The number of aromatic amines is 1. The van der Waals surface area contributed by atoms with Gasteiger partial charge in [0.2, 0.25) is 5.95 Å².